The Labute approximate surface area is 155 Å². The Morgan fingerprint density at radius 1 is 0.920 bits per heavy atom. The van der Waals surface area contributed by atoms with E-state index in [1.165, 1.54) is 12.1 Å². The molecule has 0 saturated carbocycles. The highest BCUT2D eigenvalue weighted by atomic mass is 35.5. The van der Waals surface area contributed by atoms with Crippen molar-refractivity contribution in [2.75, 3.05) is 10.0 Å². The van der Waals surface area contributed by atoms with Crippen LogP contribution >= 0.6 is 34.8 Å². The summed E-state index contributed by atoms with van der Waals surface area (Å²) in [6.45, 7) is 0. The molecule has 11 nitrogen and oxygen atoms in total. The lowest BCUT2D eigenvalue weighted by Crippen LogP contribution is -2.45. The molecule has 0 fully saturated rings. The number of hydrogen-bond donors (Lipinski definition) is 4. The Bertz CT molecular complexity index is 863. The van der Waals surface area contributed by atoms with Gasteiger partial charge in [-0.2, -0.15) is 9.99 Å². The van der Waals surface area contributed by atoms with E-state index < -0.39 is 18.0 Å². The number of amides is 4. The number of benzene rings is 1. The van der Waals surface area contributed by atoms with Crippen LogP contribution in [0.1, 0.15) is 0 Å². The SMILES string of the molecule is NC(=O)N(N)c1nnc(-c2c(Cl)ccc(Cl)c2Cl)c(N(N)C(N)=O)n1. The number of nitrogens with two attached hydrogens (primary N) is 4. The fourth-order valence-electron chi connectivity index (χ4n) is 1.69. The number of hydrazine groups is 2. The molecule has 1 heterocycles. The van der Waals surface area contributed by atoms with Crippen LogP contribution in [-0.4, -0.2) is 27.2 Å². The second kappa shape index (κ2) is 7.21. The minimum atomic E-state index is -1.09. The van der Waals surface area contributed by atoms with E-state index in [0.29, 0.717) is 10.0 Å². The Morgan fingerprint density at radius 2 is 1.48 bits per heavy atom. The molecule has 1 aromatic heterocycles. The van der Waals surface area contributed by atoms with Crippen LogP contribution in [0.5, 0.6) is 0 Å². The number of carbonyl (C=O) groups excluding carboxylic acids is 2. The molecule has 0 radical (unpaired) electrons. The van der Waals surface area contributed by atoms with E-state index in [2.05, 4.69) is 15.2 Å². The third kappa shape index (κ3) is 3.65. The first-order valence-electron chi connectivity index (χ1n) is 6.22. The Hall–Kier alpha value is -2.44. The summed E-state index contributed by atoms with van der Waals surface area (Å²) in [6.07, 6.45) is 0. The maximum absolute atomic E-state index is 11.4. The zero-order chi connectivity index (χ0) is 18.9. The van der Waals surface area contributed by atoms with Crippen molar-refractivity contribution in [2.45, 2.75) is 0 Å². The van der Waals surface area contributed by atoms with E-state index >= 15 is 0 Å². The quantitative estimate of drug-likeness (QED) is 0.253. The summed E-state index contributed by atoms with van der Waals surface area (Å²) in [5, 5.41) is 8.56. The maximum atomic E-state index is 11.4. The van der Waals surface area contributed by atoms with Gasteiger partial charge in [0.15, 0.2) is 5.82 Å². The van der Waals surface area contributed by atoms with Gasteiger partial charge in [0.05, 0.1) is 15.1 Å². The normalized spacial score (nSPS) is 10.4. The van der Waals surface area contributed by atoms with Crippen LogP contribution in [0.4, 0.5) is 21.4 Å². The summed E-state index contributed by atoms with van der Waals surface area (Å²) in [4.78, 5) is 26.5. The molecule has 2 rings (SSSR count). The zero-order valence-corrected chi connectivity index (χ0v) is 14.4. The third-order valence-corrected chi connectivity index (χ3v) is 3.98. The minimum Gasteiger partial charge on any atom is -0.350 e. The standard InChI is InChI=1S/C11H10Cl3N9O2/c12-3-1-2-4(13)6(14)5(3)7-8(22(17)9(15)24)19-11(21-20-7)23(18)10(16)25/h1-2H,17-18H2,(H2,15,24)(H2,16,25). The number of halogens is 3. The summed E-state index contributed by atoms with van der Waals surface area (Å²) in [5.41, 5.74) is 10.2. The molecule has 2 aromatic rings. The third-order valence-electron chi connectivity index (χ3n) is 2.86. The van der Waals surface area contributed by atoms with Gasteiger partial charge in [-0.3, -0.25) is 0 Å². The van der Waals surface area contributed by atoms with Crippen molar-refractivity contribution in [3.05, 3.63) is 27.2 Å². The molecule has 4 amide bonds. The zero-order valence-electron chi connectivity index (χ0n) is 12.2. The lowest BCUT2D eigenvalue weighted by atomic mass is 10.1. The van der Waals surface area contributed by atoms with E-state index in [9.17, 15) is 9.59 Å². The first kappa shape index (κ1) is 18.9. The van der Waals surface area contributed by atoms with Gasteiger partial charge in [-0.25, -0.2) is 26.3 Å². The molecule has 25 heavy (non-hydrogen) atoms. The topological polar surface area (TPSA) is 183 Å². The molecule has 0 aliphatic rings. The van der Waals surface area contributed by atoms with Gasteiger partial charge in [0.2, 0.25) is 0 Å². The van der Waals surface area contributed by atoms with Gasteiger partial charge >= 0.3 is 12.1 Å². The predicted molar refractivity (Wildman–Crippen MR) is 92.8 cm³/mol. The van der Waals surface area contributed by atoms with E-state index in [1.807, 2.05) is 0 Å². The molecule has 0 aliphatic heterocycles. The molecule has 0 unspecified atom stereocenters. The highest BCUT2D eigenvalue weighted by molar-refractivity contribution is 6.46. The lowest BCUT2D eigenvalue weighted by molar-refractivity contribution is 0.253. The number of primary amides is 2. The second-order valence-electron chi connectivity index (χ2n) is 4.42. The molecule has 1 aromatic carbocycles. The van der Waals surface area contributed by atoms with E-state index in [4.69, 9.17) is 58.0 Å². The van der Waals surface area contributed by atoms with Crippen LogP contribution in [0.25, 0.3) is 11.3 Å². The molecule has 0 aliphatic carbocycles. The summed E-state index contributed by atoms with van der Waals surface area (Å²) in [7, 11) is 0. The van der Waals surface area contributed by atoms with Crippen LogP contribution in [0.2, 0.25) is 15.1 Å². The number of aromatic nitrogens is 3. The molecular weight excluding hydrogens is 397 g/mol. The van der Waals surface area contributed by atoms with Gasteiger partial charge in [0, 0.05) is 5.56 Å². The van der Waals surface area contributed by atoms with Crippen LogP contribution in [-0.2, 0) is 0 Å². The first-order valence-corrected chi connectivity index (χ1v) is 7.35. The molecule has 14 heteroatoms. The first-order chi connectivity index (χ1) is 11.6. The number of hydrogen-bond acceptors (Lipinski definition) is 7. The number of rotatable bonds is 3. The Balaban J connectivity index is 2.76. The largest absolute Gasteiger partial charge is 0.350 e. The molecule has 0 saturated heterocycles. The average molecular weight is 407 g/mol. The fourth-order valence-corrected chi connectivity index (χ4v) is 2.40. The van der Waals surface area contributed by atoms with Crippen LogP contribution in [0.15, 0.2) is 12.1 Å². The van der Waals surface area contributed by atoms with Crippen LogP contribution in [0, 0.1) is 0 Å². The second-order valence-corrected chi connectivity index (χ2v) is 5.61. The molecular formula is C11H10Cl3N9O2. The van der Waals surface area contributed by atoms with Crippen molar-refractivity contribution in [1.82, 2.24) is 15.2 Å². The summed E-state index contributed by atoms with van der Waals surface area (Å²) >= 11 is 18.2. The smallest absolute Gasteiger partial charge is 0.336 e. The summed E-state index contributed by atoms with van der Waals surface area (Å²) in [5.74, 6) is 10.2. The predicted octanol–water partition coefficient (Wildman–Crippen LogP) is 1.02. The summed E-state index contributed by atoms with van der Waals surface area (Å²) in [6, 6.07) is 0.716. The van der Waals surface area contributed by atoms with Gasteiger partial charge < -0.3 is 11.5 Å². The van der Waals surface area contributed by atoms with Crippen molar-refractivity contribution in [3.63, 3.8) is 0 Å². The van der Waals surface area contributed by atoms with Gasteiger partial charge in [-0.05, 0) is 12.1 Å². The molecule has 0 spiro atoms. The van der Waals surface area contributed by atoms with Gasteiger partial charge in [-0.15, -0.1) is 10.2 Å². The minimum absolute atomic E-state index is 0.0108. The number of nitrogens with zero attached hydrogens (tertiary/aromatic N) is 5. The van der Waals surface area contributed by atoms with Gasteiger partial charge in [-0.1, -0.05) is 34.8 Å². The van der Waals surface area contributed by atoms with Crippen molar-refractivity contribution < 1.29 is 9.59 Å². The molecule has 0 bridgehead atoms. The highest BCUT2D eigenvalue weighted by Gasteiger charge is 2.25. The number of urea groups is 2. The lowest BCUT2D eigenvalue weighted by Gasteiger charge is -2.19. The monoisotopic (exact) mass is 405 g/mol. The Kier molecular flexibility index (Phi) is 5.45. The van der Waals surface area contributed by atoms with Crippen molar-refractivity contribution in [3.8, 4) is 11.3 Å². The highest BCUT2D eigenvalue weighted by Crippen LogP contribution is 2.41. The maximum Gasteiger partial charge on any atom is 0.336 e. The van der Waals surface area contributed by atoms with Crippen molar-refractivity contribution >= 4 is 58.6 Å². The Morgan fingerprint density at radius 3 is 2.04 bits per heavy atom. The van der Waals surface area contributed by atoms with Crippen molar-refractivity contribution in [2.24, 2.45) is 23.2 Å². The summed E-state index contributed by atoms with van der Waals surface area (Å²) < 4.78 is 0. The number of anilines is 2. The van der Waals surface area contributed by atoms with E-state index in [0.717, 1.165) is 0 Å². The van der Waals surface area contributed by atoms with Crippen LogP contribution < -0.4 is 33.2 Å². The molecule has 132 valence electrons. The van der Waals surface area contributed by atoms with Crippen LogP contribution in [0.3, 0.4) is 0 Å². The van der Waals surface area contributed by atoms with E-state index in [-0.39, 0.29) is 32.1 Å². The van der Waals surface area contributed by atoms with Gasteiger partial charge in [0.1, 0.15) is 5.69 Å². The molecule has 0 atom stereocenters. The van der Waals surface area contributed by atoms with Crippen molar-refractivity contribution in [1.29, 1.82) is 0 Å². The average Bonchev–Trinajstić information content (AvgIpc) is 2.57. The molecule has 8 N–H and O–H groups in total. The number of carbonyl (C=O) groups is 2. The van der Waals surface area contributed by atoms with Gasteiger partial charge in [0.25, 0.3) is 5.95 Å². The van der Waals surface area contributed by atoms with E-state index in [1.54, 1.807) is 0 Å². The fraction of sp³-hybridized carbons (Fsp3) is 0.